The lowest BCUT2D eigenvalue weighted by molar-refractivity contribution is -0.112. The molecule has 0 aliphatic carbocycles. The Hall–Kier alpha value is -2.81. The third-order valence-corrected chi connectivity index (χ3v) is 3.43. The molecule has 22 heavy (non-hydrogen) atoms. The van der Waals surface area contributed by atoms with E-state index in [1.165, 1.54) is 18.6 Å². The fraction of sp³-hybridized carbons (Fsp3) is 0.312. The number of likely N-dealkylation sites (tertiary alicyclic amines) is 1. The molecule has 0 saturated carbocycles. The van der Waals surface area contributed by atoms with Crippen LogP contribution in [-0.2, 0) is 4.79 Å². The second kappa shape index (κ2) is 7.27. The van der Waals surface area contributed by atoms with E-state index in [0.29, 0.717) is 5.69 Å². The number of nitriles is 1. The topological polar surface area (TPSA) is 93.4 Å². The fourth-order valence-electron chi connectivity index (χ4n) is 2.30. The minimum atomic E-state index is -1.07. The molecule has 1 amide bonds. The molecule has 114 valence electrons. The monoisotopic (exact) mass is 299 g/mol. The van der Waals surface area contributed by atoms with Crippen molar-refractivity contribution in [2.24, 2.45) is 0 Å². The normalized spacial score (nSPS) is 15.0. The third-order valence-electron chi connectivity index (χ3n) is 3.43. The zero-order chi connectivity index (χ0) is 15.9. The first-order valence-corrected chi connectivity index (χ1v) is 7.11. The Morgan fingerprint density at radius 2 is 2.00 bits per heavy atom. The molecule has 0 radical (unpaired) electrons. The van der Waals surface area contributed by atoms with Crippen molar-refractivity contribution in [2.75, 3.05) is 18.4 Å². The number of anilines is 1. The Balaban J connectivity index is 2.09. The lowest BCUT2D eigenvalue weighted by atomic mass is 10.1. The van der Waals surface area contributed by atoms with Crippen molar-refractivity contribution in [1.82, 2.24) is 4.90 Å². The molecule has 2 rings (SSSR count). The minimum absolute atomic E-state index is 0.0163. The van der Waals surface area contributed by atoms with Crippen LogP contribution in [0.2, 0.25) is 0 Å². The summed E-state index contributed by atoms with van der Waals surface area (Å²) in [5.41, 5.74) is 0.448. The molecular formula is C16H17N3O3. The average molecular weight is 299 g/mol. The van der Waals surface area contributed by atoms with Crippen LogP contribution in [-0.4, -0.2) is 35.0 Å². The summed E-state index contributed by atoms with van der Waals surface area (Å²) in [5.74, 6) is -1.60. The number of amides is 1. The quantitative estimate of drug-likeness (QED) is 0.656. The number of carbonyl (C=O) groups is 2. The molecule has 0 unspecified atom stereocenters. The fourth-order valence-corrected chi connectivity index (χ4v) is 2.30. The summed E-state index contributed by atoms with van der Waals surface area (Å²) in [6.45, 7) is 1.68. The first kappa shape index (κ1) is 15.6. The van der Waals surface area contributed by atoms with Crippen LogP contribution in [0.3, 0.4) is 0 Å². The number of nitrogens with zero attached hydrogens (tertiary/aromatic N) is 2. The van der Waals surface area contributed by atoms with E-state index in [2.05, 4.69) is 5.32 Å². The van der Waals surface area contributed by atoms with Gasteiger partial charge in [0, 0.05) is 25.0 Å². The van der Waals surface area contributed by atoms with Crippen LogP contribution in [0.5, 0.6) is 0 Å². The zero-order valence-corrected chi connectivity index (χ0v) is 12.1. The van der Waals surface area contributed by atoms with Gasteiger partial charge in [0.15, 0.2) is 0 Å². The summed E-state index contributed by atoms with van der Waals surface area (Å²) in [4.78, 5) is 25.0. The van der Waals surface area contributed by atoms with Gasteiger partial charge in [-0.15, -0.1) is 0 Å². The van der Waals surface area contributed by atoms with Crippen LogP contribution in [0, 0.1) is 11.3 Å². The molecule has 1 aliphatic heterocycles. The highest BCUT2D eigenvalue weighted by atomic mass is 16.4. The predicted molar refractivity (Wildman–Crippen MR) is 81.2 cm³/mol. The van der Waals surface area contributed by atoms with E-state index < -0.39 is 11.9 Å². The van der Waals surface area contributed by atoms with E-state index in [1.54, 1.807) is 18.3 Å². The van der Waals surface area contributed by atoms with Gasteiger partial charge in [-0.25, -0.2) is 4.79 Å². The van der Waals surface area contributed by atoms with Gasteiger partial charge in [-0.2, -0.15) is 5.26 Å². The highest BCUT2D eigenvalue weighted by molar-refractivity contribution is 6.06. The van der Waals surface area contributed by atoms with Crippen molar-refractivity contribution in [3.05, 3.63) is 41.6 Å². The molecule has 1 aliphatic rings. The summed E-state index contributed by atoms with van der Waals surface area (Å²) in [6.07, 6.45) is 4.85. The number of carboxylic acid groups (broad SMARTS) is 1. The maximum Gasteiger partial charge on any atom is 0.335 e. The van der Waals surface area contributed by atoms with Gasteiger partial charge >= 0.3 is 5.97 Å². The molecule has 0 aromatic heterocycles. The average Bonchev–Trinajstić information content (AvgIpc) is 2.53. The van der Waals surface area contributed by atoms with E-state index in [-0.39, 0.29) is 11.1 Å². The van der Waals surface area contributed by atoms with Crippen molar-refractivity contribution < 1.29 is 14.7 Å². The Morgan fingerprint density at radius 1 is 1.27 bits per heavy atom. The maximum absolute atomic E-state index is 12.1. The van der Waals surface area contributed by atoms with Crippen LogP contribution >= 0.6 is 0 Å². The molecule has 1 heterocycles. The van der Waals surface area contributed by atoms with Crippen molar-refractivity contribution in [2.45, 2.75) is 19.3 Å². The van der Waals surface area contributed by atoms with Crippen LogP contribution < -0.4 is 5.32 Å². The molecular weight excluding hydrogens is 282 g/mol. The van der Waals surface area contributed by atoms with Crippen LogP contribution in [0.4, 0.5) is 5.69 Å². The van der Waals surface area contributed by atoms with Gasteiger partial charge in [0.05, 0.1) is 5.56 Å². The van der Waals surface area contributed by atoms with Gasteiger partial charge in [-0.3, -0.25) is 4.79 Å². The van der Waals surface area contributed by atoms with Gasteiger partial charge in [0.25, 0.3) is 5.91 Å². The first-order chi connectivity index (χ1) is 10.6. The SMILES string of the molecule is N#C/C(=C/N1CCCCC1)C(=O)Nc1cccc(C(=O)O)c1. The Labute approximate surface area is 128 Å². The molecule has 1 fully saturated rings. The van der Waals surface area contributed by atoms with Crippen LogP contribution in [0.25, 0.3) is 0 Å². The maximum atomic E-state index is 12.1. The number of aromatic carboxylic acids is 1. The Bertz CT molecular complexity index is 640. The van der Waals surface area contributed by atoms with Crippen molar-refractivity contribution in [3.63, 3.8) is 0 Å². The smallest absolute Gasteiger partial charge is 0.335 e. The van der Waals surface area contributed by atoms with Gasteiger partial charge in [0.2, 0.25) is 0 Å². The van der Waals surface area contributed by atoms with E-state index in [4.69, 9.17) is 10.4 Å². The summed E-state index contributed by atoms with van der Waals surface area (Å²) in [6, 6.07) is 7.82. The molecule has 0 spiro atoms. The number of hydrogen-bond acceptors (Lipinski definition) is 4. The van der Waals surface area contributed by atoms with E-state index in [9.17, 15) is 9.59 Å². The van der Waals surface area contributed by atoms with Crippen molar-refractivity contribution >= 4 is 17.6 Å². The number of carboxylic acids is 1. The molecule has 1 aromatic rings. The lowest BCUT2D eigenvalue weighted by Gasteiger charge is -2.25. The van der Waals surface area contributed by atoms with E-state index in [0.717, 1.165) is 25.9 Å². The Morgan fingerprint density at radius 3 is 2.64 bits per heavy atom. The molecule has 6 nitrogen and oxygen atoms in total. The standard InChI is InChI=1S/C16H17N3O3/c17-10-13(11-19-7-2-1-3-8-19)15(20)18-14-6-4-5-12(9-14)16(21)22/h4-6,9,11H,1-3,7-8H2,(H,18,20)(H,21,22)/b13-11-. The number of carbonyl (C=O) groups excluding carboxylic acids is 1. The molecule has 1 aromatic carbocycles. The van der Waals surface area contributed by atoms with E-state index in [1.807, 2.05) is 11.0 Å². The van der Waals surface area contributed by atoms with Crippen molar-refractivity contribution in [3.8, 4) is 6.07 Å². The summed E-state index contributed by atoms with van der Waals surface area (Å²) >= 11 is 0. The first-order valence-electron chi connectivity index (χ1n) is 7.11. The van der Waals surface area contributed by atoms with Gasteiger partial charge in [-0.05, 0) is 37.5 Å². The predicted octanol–water partition coefficient (Wildman–Crippen LogP) is 2.22. The van der Waals surface area contributed by atoms with Gasteiger partial charge in [0.1, 0.15) is 11.6 Å². The van der Waals surface area contributed by atoms with Gasteiger partial charge < -0.3 is 15.3 Å². The number of benzene rings is 1. The van der Waals surface area contributed by atoms with Crippen LogP contribution in [0.1, 0.15) is 29.6 Å². The second-order valence-corrected chi connectivity index (χ2v) is 5.09. The zero-order valence-electron chi connectivity index (χ0n) is 12.1. The number of rotatable bonds is 4. The lowest BCUT2D eigenvalue weighted by Crippen LogP contribution is -2.26. The highest BCUT2D eigenvalue weighted by Crippen LogP contribution is 2.14. The highest BCUT2D eigenvalue weighted by Gasteiger charge is 2.14. The second-order valence-electron chi connectivity index (χ2n) is 5.09. The van der Waals surface area contributed by atoms with Crippen LogP contribution in [0.15, 0.2) is 36.0 Å². The Kier molecular flexibility index (Phi) is 5.15. The minimum Gasteiger partial charge on any atom is -0.478 e. The van der Waals surface area contributed by atoms with E-state index >= 15 is 0 Å². The molecule has 0 atom stereocenters. The summed E-state index contributed by atoms with van der Waals surface area (Å²) in [5, 5.41) is 20.6. The van der Waals surface area contributed by atoms with Gasteiger partial charge in [-0.1, -0.05) is 6.07 Å². The summed E-state index contributed by atoms with van der Waals surface area (Å²) in [7, 11) is 0. The summed E-state index contributed by atoms with van der Waals surface area (Å²) < 4.78 is 0. The molecule has 6 heteroatoms. The number of hydrogen-bond donors (Lipinski definition) is 2. The molecule has 0 bridgehead atoms. The molecule has 1 saturated heterocycles. The largest absolute Gasteiger partial charge is 0.478 e. The molecule has 2 N–H and O–H groups in total. The number of nitrogens with one attached hydrogen (secondary N) is 1. The number of piperidine rings is 1. The third kappa shape index (κ3) is 4.09. The van der Waals surface area contributed by atoms with Crippen molar-refractivity contribution in [1.29, 1.82) is 5.26 Å².